The summed E-state index contributed by atoms with van der Waals surface area (Å²) in [5.74, 6) is 0.0582. The van der Waals surface area contributed by atoms with Gasteiger partial charge < -0.3 is 10.0 Å². The van der Waals surface area contributed by atoms with Gasteiger partial charge in [0.2, 0.25) is 5.91 Å². The van der Waals surface area contributed by atoms with Crippen LogP contribution in [0.15, 0.2) is 60.8 Å². The van der Waals surface area contributed by atoms with Gasteiger partial charge in [0.05, 0.1) is 24.5 Å². The summed E-state index contributed by atoms with van der Waals surface area (Å²) in [6, 6.07) is 17.7. The lowest BCUT2D eigenvalue weighted by atomic mass is 9.80. The third-order valence-electron chi connectivity index (χ3n) is 6.94. The Morgan fingerprint density at radius 2 is 2.00 bits per heavy atom. The summed E-state index contributed by atoms with van der Waals surface area (Å²) in [6.45, 7) is 5.26. The van der Waals surface area contributed by atoms with Crippen molar-refractivity contribution in [3.05, 3.63) is 89.0 Å². The molecule has 2 aliphatic rings. The molecule has 1 aromatic heterocycles. The van der Waals surface area contributed by atoms with Crippen LogP contribution in [0, 0.1) is 5.82 Å². The molecule has 164 valence electrons. The second kappa shape index (κ2) is 7.82. The van der Waals surface area contributed by atoms with Crippen LogP contribution in [-0.2, 0) is 16.8 Å². The minimum atomic E-state index is -0.590. The maximum absolute atomic E-state index is 13.2. The van der Waals surface area contributed by atoms with Crippen LogP contribution < -0.4 is 0 Å². The molecule has 1 N–H and O–H groups in total. The first-order chi connectivity index (χ1) is 15.4. The van der Waals surface area contributed by atoms with Crippen molar-refractivity contribution in [2.24, 2.45) is 0 Å². The number of carbonyl (C=O) groups excluding carboxylic acids is 1. The summed E-state index contributed by atoms with van der Waals surface area (Å²) in [7, 11) is 0. The minimum Gasteiger partial charge on any atom is -0.388 e. The normalized spacial score (nSPS) is 22.2. The van der Waals surface area contributed by atoms with Gasteiger partial charge in [0.1, 0.15) is 5.82 Å². The van der Waals surface area contributed by atoms with E-state index in [1.165, 1.54) is 23.4 Å². The molecule has 4 nitrogen and oxygen atoms in total. The van der Waals surface area contributed by atoms with Crippen molar-refractivity contribution < 1.29 is 14.3 Å². The van der Waals surface area contributed by atoms with Gasteiger partial charge in [0.25, 0.3) is 0 Å². The number of hydrogen-bond donors (Lipinski definition) is 1. The number of carbonyl (C=O) groups is 1. The van der Waals surface area contributed by atoms with Crippen LogP contribution >= 0.6 is 0 Å². The van der Waals surface area contributed by atoms with Crippen molar-refractivity contribution in [2.75, 3.05) is 6.54 Å². The zero-order chi connectivity index (χ0) is 22.5. The fraction of sp³-hybridized carbons (Fsp3) is 0.333. The summed E-state index contributed by atoms with van der Waals surface area (Å²) in [6.07, 6.45) is 1.50. The minimum absolute atomic E-state index is 0.0467. The second-order valence-corrected chi connectivity index (χ2v) is 9.44. The number of aliphatic hydroxyl groups is 1. The number of nitrogens with zero attached hydrogens (tertiary/aromatic N) is 2. The lowest BCUT2D eigenvalue weighted by Gasteiger charge is -2.25. The first-order valence-corrected chi connectivity index (χ1v) is 11.2. The standard InChI is InChI=1S/C27H27FN2O2/c1-17(2)21-5-3-4-6-22(21)18-7-10-24-23(11-18)25(31)12-27(24)13-26(32)30(16-27)15-20-9-8-19(28)14-29-20/h3-11,14,17,25,31H,12-13,15-16H2,1-2H3. The molecule has 0 radical (unpaired) electrons. The molecule has 0 bridgehead atoms. The summed E-state index contributed by atoms with van der Waals surface area (Å²) in [5.41, 5.74) is 5.84. The van der Waals surface area contributed by atoms with Crippen LogP contribution in [0.2, 0.25) is 0 Å². The molecule has 1 spiro atoms. The number of pyridine rings is 1. The van der Waals surface area contributed by atoms with E-state index in [9.17, 15) is 14.3 Å². The van der Waals surface area contributed by atoms with Crippen LogP contribution in [-0.4, -0.2) is 27.4 Å². The topological polar surface area (TPSA) is 53.4 Å². The first-order valence-electron chi connectivity index (χ1n) is 11.2. The van der Waals surface area contributed by atoms with Crippen molar-refractivity contribution in [3.63, 3.8) is 0 Å². The molecular formula is C27H27FN2O2. The molecule has 5 heteroatoms. The Kier molecular flexibility index (Phi) is 5.09. The Morgan fingerprint density at radius 1 is 1.19 bits per heavy atom. The molecule has 2 heterocycles. The van der Waals surface area contributed by atoms with E-state index >= 15 is 0 Å². The molecule has 1 fully saturated rings. The molecule has 32 heavy (non-hydrogen) atoms. The van der Waals surface area contributed by atoms with Crippen LogP contribution in [0.1, 0.15) is 61.1 Å². The lowest BCUT2D eigenvalue weighted by Crippen LogP contribution is -2.30. The molecule has 2 unspecified atom stereocenters. The van der Waals surface area contributed by atoms with E-state index in [-0.39, 0.29) is 17.1 Å². The average molecular weight is 431 g/mol. The van der Waals surface area contributed by atoms with E-state index in [0.717, 1.165) is 16.7 Å². The van der Waals surface area contributed by atoms with E-state index in [1.807, 2.05) is 6.07 Å². The van der Waals surface area contributed by atoms with Crippen molar-refractivity contribution in [2.45, 2.75) is 50.7 Å². The predicted octanol–water partition coefficient (Wildman–Crippen LogP) is 5.12. The number of aromatic nitrogens is 1. The van der Waals surface area contributed by atoms with Gasteiger partial charge in [-0.2, -0.15) is 0 Å². The number of halogens is 1. The zero-order valence-electron chi connectivity index (χ0n) is 18.4. The van der Waals surface area contributed by atoms with Crippen molar-refractivity contribution >= 4 is 5.91 Å². The molecular weight excluding hydrogens is 403 g/mol. The van der Waals surface area contributed by atoms with Crippen LogP contribution in [0.3, 0.4) is 0 Å². The smallest absolute Gasteiger partial charge is 0.223 e. The number of hydrogen-bond acceptors (Lipinski definition) is 3. The SMILES string of the molecule is CC(C)c1ccccc1-c1ccc2c(c1)C(O)CC21CC(=O)N(Cc2ccc(F)cn2)C1. The molecule has 1 aliphatic carbocycles. The van der Waals surface area contributed by atoms with E-state index in [0.29, 0.717) is 37.5 Å². The highest BCUT2D eigenvalue weighted by Gasteiger charge is 2.51. The number of fused-ring (bicyclic) bond motifs is 2. The summed E-state index contributed by atoms with van der Waals surface area (Å²) < 4.78 is 13.2. The number of aliphatic hydroxyl groups excluding tert-OH is 1. The summed E-state index contributed by atoms with van der Waals surface area (Å²) >= 11 is 0. The number of amides is 1. The van der Waals surface area contributed by atoms with E-state index in [1.54, 1.807) is 11.0 Å². The monoisotopic (exact) mass is 430 g/mol. The highest BCUT2D eigenvalue weighted by atomic mass is 19.1. The van der Waals surface area contributed by atoms with Gasteiger partial charge in [-0.15, -0.1) is 0 Å². The van der Waals surface area contributed by atoms with Gasteiger partial charge in [-0.1, -0.05) is 50.2 Å². The largest absolute Gasteiger partial charge is 0.388 e. The highest BCUT2D eigenvalue weighted by Crippen LogP contribution is 2.51. The van der Waals surface area contributed by atoms with Crippen molar-refractivity contribution in [3.8, 4) is 11.1 Å². The fourth-order valence-corrected chi connectivity index (χ4v) is 5.41. The second-order valence-electron chi connectivity index (χ2n) is 9.44. The molecule has 1 aliphatic heterocycles. The van der Waals surface area contributed by atoms with Gasteiger partial charge in [-0.25, -0.2) is 4.39 Å². The quantitative estimate of drug-likeness (QED) is 0.625. The van der Waals surface area contributed by atoms with Crippen molar-refractivity contribution in [1.82, 2.24) is 9.88 Å². The summed E-state index contributed by atoms with van der Waals surface area (Å²) in [4.78, 5) is 18.8. The van der Waals surface area contributed by atoms with E-state index < -0.39 is 6.10 Å². The Labute approximate surface area is 187 Å². The Bertz CT molecular complexity index is 1170. The Morgan fingerprint density at radius 3 is 2.75 bits per heavy atom. The molecule has 0 saturated carbocycles. The van der Waals surface area contributed by atoms with Crippen LogP contribution in [0.4, 0.5) is 4.39 Å². The number of benzene rings is 2. The lowest BCUT2D eigenvalue weighted by molar-refractivity contribution is -0.128. The highest BCUT2D eigenvalue weighted by molar-refractivity contribution is 5.82. The zero-order valence-corrected chi connectivity index (χ0v) is 18.4. The predicted molar refractivity (Wildman–Crippen MR) is 121 cm³/mol. The molecule has 1 saturated heterocycles. The average Bonchev–Trinajstić information content (AvgIpc) is 3.24. The van der Waals surface area contributed by atoms with Gasteiger partial charge in [-0.3, -0.25) is 9.78 Å². The van der Waals surface area contributed by atoms with Gasteiger partial charge >= 0.3 is 0 Å². The number of rotatable bonds is 4. The van der Waals surface area contributed by atoms with E-state index in [4.69, 9.17) is 0 Å². The maximum atomic E-state index is 13.2. The molecule has 3 aromatic rings. The van der Waals surface area contributed by atoms with Gasteiger partial charge in [-0.05, 0) is 58.4 Å². The first kappa shape index (κ1) is 20.8. The molecule has 1 amide bonds. The van der Waals surface area contributed by atoms with Gasteiger partial charge in [0.15, 0.2) is 0 Å². The third-order valence-corrected chi connectivity index (χ3v) is 6.94. The molecule has 2 aromatic carbocycles. The van der Waals surface area contributed by atoms with E-state index in [2.05, 4.69) is 55.2 Å². The van der Waals surface area contributed by atoms with Gasteiger partial charge in [0, 0.05) is 18.4 Å². The third kappa shape index (κ3) is 3.51. The van der Waals surface area contributed by atoms with Crippen LogP contribution in [0.25, 0.3) is 11.1 Å². The van der Waals surface area contributed by atoms with Crippen molar-refractivity contribution in [1.29, 1.82) is 0 Å². The maximum Gasteiger partial charge on any atom is 0.223 e. The fourth-order valence-electron chi connectivity index (χ4n) is 5.41. The molecule has 5 rings (SSSR count). The Balaban J connectivity index is 1.46. The Hall–Kier alpha value is -3.05. The van der Waals surface area contributed by atoms with Crippen LogP contribution in [0.5, 0.6) is 0 Å². The summed E-state index contributed by atoms with van der Waals surface area (Å²) in [5, 5.41) is 11.0. The number of likely N-dealkylation sites (tertiary alicyclic amines) is 1. The molecule has 2 atom stereocenters.